The van der Waals surface area contributed by atoms with Crippen molar-refractivity contribution in [2.24, 2.45) is 0 Å². The van der Waals surface area contributed by atoms with E-state index in [1.165, 1.54) is 6.08 Å². The predicted molar refractivity (Wildman–Crippen MR) is 80.8 cm³/mol. The fraction of sp³-hybridized carbons (Fsp3) is 0.222. The average molecular weight is 414 g/mol. The Labute approximate surface area is 153 Å². The van der Waals surface area contributed by atoms with Crippen molar-refractivity contribution in [3.63, 3.8) is 0 Å². The molecule has 0 aliphatic rings. The lowest BCUT2D eigenvalue weighted by Crippen LogP contribution is -2.25. The molecule has 0 radical (unpaired) electrons. The van der Waals surface area contributed by atoms with Crippen LogP contribution in [0.1, 0.15) is 23.1 Å². The minimum absolute atomic E-state index is 0.0196. The van der Waals surface area contributed by atoms with Crippen LogP contribution in [0.25, 0.3) is 0 Å². The van der Waals surface area contributed by atoms with E-state index in [-0.39, 0.29) is 30.5 Å². The molecular weight excluding hydrogens is 403 g/mol. The van der Waals surface area contributed by atoms with Gasteiger partial charge in [0.25, 0.3) is 0 Å². The van der Waals surface area contributed by atoms with Crippen LogP contribution in [-0.4, -0.2) is 0 Å². The van der Waals surface area contributed by atoms with Crippen molar-refractivity contribution in [1.29, 1.82) is 0 Å². The summed E-state index contributed by atoms with van der Waals surface area (Å²) in [6.07, 6.45) is -8.41. The maximum Gasteiger partial charge on any atom is 0.429 e. The Kier molecular flexibility index (Phi) is 6.00. The molecule has 0 heterocycles. The molecule has 2 aromatic rings. The summed E-state index contributed by atoms with van der Waals surface area (Å²) in [6.45, 7) is 3.38. The first-order valence-corrected chi connectivity index (χ1v) is 7.59. The molecule has 10 heteroatoms. The van der Waals surface area contributed by atoms with Crippen LogP contribution < -0.4 is 4.74 Å². The third-order valence-electron chi connectivity index (χ3n) is 3.64. The number of rotatable bonds is 6. The van der Waals surface area contributed by atoms with Gasteiger partial charge in [-0.3, -0.25) is 0 Å². The summed E-state index contributed by atoms with van der Waals surface area (Å²) in [7, 11) is 0. The largest absolute Gasteiger partial charge is 0.429 e. The summed E-state index contributed by atoms with van der Waals surface area (Å²) in [6, 6.07) is 1.11. The van der Waals surface area contributed by atoms with Gasteiger partial charge in [-0.25, -0.2) is 17.6 Å². The van der Waals surface area contributed by atoms with Gasteiger partial charge in [-0.05, 0) is 24.5 Å². The van der Waals surface area contributed by atoms with E-state index >= 15 is 0 Å². The zero-order valence-electron chi connectivity index (χ0n) is 13.8. The Hall–Kier alpha value is -2.65. The first kappa shape index (κ1) is 21.6. The Morgan fingerprint density at radius 2 is 1.46 bits per heavy atom. The molecule has 1 nitrogen and oxygen atoms in total. The number of hydrogen-bond donors (Lipinski definition) is 0. The van der Waals surface area contributed by atoms with Crippen molar-refractivity contribution >= 4 is 0 Å². The number of allylic oxidation sites excluding steroid dienone is 1. The summed E-state index contributed by atoms with van der Waals surface area (Å²) in [5.74, 6) is -9.29. The van der Waals surface area contributed by atoms with Crippen molar-refractivity contribution in [3.05, 3.63) is 76.9 Å². The van der Waals surface area contributed by atoms with E-state index in [4.69, 9.17) is 0 Å². The molecule has 0 spiro atoms. The Balaban J connectivity index is 2.39. The molecule has 0 aliphatic heterocycles. The molecule has 152 valence electrons. The molecule has 0 amide bonds. The predicted octanol–water partition coefficient (Wildman–Crippen LogP) is 6.51. The van der Waals surface area contributed by atoms with Gasteiger partial charge >= 0.3 is 12.3 Å². The Morgan fingerprint density at radius 1 is 0.893 bits per heavy atom. The van der Waals surface area contributed by atoms with Crippen LogP contribution in [0.4, 0.5) is 39.5 Å². The lowest BCUT2D eigenvalue weighted by molar-refractivity contribution is -0.188. The topological polar surface area (TPSA) is 9.23 Å². The molecule has 0 aliphatic carbocycles. The van der Waals surface area contributed by atoms with Crippen LogP contribution in [0.2, 0.25) is 0 Å². The highest BCUT2D eigenvalue weighted by molar-refractivity contribution is 5.34. The zero-order valence-corrected chi connectivity index (χ0v) is 13.8. The minimum Gasteiger partial charge on any atom is -0.429 e. The van der Waals surface area contributed by atoms with Gasteiger partial charge in [0.15, 0.2) is 11.6 Å². The fourth-order valence-corrected chi connectivity index (χ4v) is 2.35. The average Bonchev–Trinajstić information content (AvgIpc) is 2.53. The first-order valence-electron chi connectivity index (χ1n) is 7.59. The number of hydrogen-bond acceptors (Lipinski definition) is 1. The molecule has 0 aromatic heterocycles. The zero-order chi connectivity index (χ0) is 21.3. The normalized spacial score (nSPS) is 12.2. The van der Waals surface area contributed by atoms with Crippen molar-refractivity contribution < 1.29 is 44.3 Å². The molecule has 0 unspecified atom stereocenters. The molecule has 0 bridgehead atoms. The summed E-state index contributed by atoms with van der Waals surface area (Å²) < 4.78 is 125. The van der Waals surface area contributed by atoms with E-state index in [1.54, 1.807) is 0 Å². The van der Waals surface area contributed by atoms with Gasteiger partial charge in [0, 0.05) is 12.1 Å². The molecule has 0 fully saturated rings. The van der Waals surface area contributed by atoms with E-state index in [0.717, 1.165) is 6.07 Å². The second-order valence-electron chi connectivity index (χ2n) is 5.61. The minimum atomic E-state index is -5.41. The lowest BCUT2D eigenvalue weighted by atomic mass is 10.0. The summed E-state index contributed by atoms with van der Waals surface area (Å²) in [5.41, 5.74) is -4.11. The molecule has 0 N–H and O–H groups in total. The van der Waals surface area contributed by atoms with Gasteiger partial charge < -0.3 is 4.74 Å². The smallest absolute Gasteiger partial charge is 0.429 e. The standard InChI is InChI=1S/C18H11F9O/c1-2-3-4-9-5-6-11(16(22)15(9)21)18(26,27)28-10-7-12(19)14(13(20)8-10)17(23,24)25/h2,5-8H,1,3-4H2. The maximum absolute atomic E-state index is 14.2. The second-order valence-corrected chi connectivity index (χ2v) is 5.61. The van der Waals surface area contributed by atoms with Crippen LogP contribution in [0, 0.1) is 23.3 Å². The maximum atomic E-state index is 14.2. The van der Waals surface area contributed by atoms with Crippen LogP contribution >= 0.6 is 0 Å². The molecule has 28 heavy (non-hydrogen) atoms. The van der Waals surface area contributed by atoms with Crippen molar-refractivity contribution in [2.45, 2.75) is 25.1 Å². The molecule has 0 saturated heterocycles. The fourth-order valence-electron chi connectivity index (χ4n) is 2.35. The Morgan fingerprint density at radius 3 is 1.96 bits per heavy atom. The van der Waals surface area contributed by atoms with E-state index in [2.05, 4.69) is 11.3 Å². The van der Waals surface area contributed by atoms with Crippen LogP contribution in [0.5, 0.6) is 5.75 Å². The monoisotopic (exact) mass is 414 g/mol. The quantitative estimate of drug-likeness (QED) is 0.387. The van der Waals surface area contributed by atoms with Crippen molar-refractivity contribution in [2.75, 3.05) is 0 Å². The van der Waals surface area contributed by atoms with Gasteiger partial charge in [-0.15, -0.1) is 6.58 Å². The highest BCUT2D eigenvalue weighted by atomic mass is 19.4. The van der Waals surface area contributed by atoms with E-state index in [1.807, 2.05) is 0 Å². The second kappa shape index (κ2) is 7.76. The van der Waals surface area contributed by atoms with Crippen LogP contribution in [-0.2, 0) is 18.7 Å². The van der Waals surface area contributed by atoms with Gasteiger partial charge in [0.2, 0.25) is 0 Å². The lowest BCUT2D eigenvalue weighted by Gasteiger charge is -2.20. The molecule has 0 saturated carbocycles. The highest BCUT2D eigenvalue weighted by Gasteiger charge is 2.41. The summed E-state index contributed by atoms with van der Waals surface area (Å²) in [4.78, 5) is 0. The van der Waals surface area contributed by atoms with Gasteiger partial charge in [-0.2, -0.15) is 22.0 Å². The van der Waals surface area contributed by atoms with Crippen molar-refractivity contribution in [1.82, 2.24) is 0 Å². The SMILES string of the molecule is C=CCCc1ccc(C(F)(F)Oc2cc(F)c(C(F)(F)F)c(F)c2)c(F)c1F. The van der Waals surface area contributed by atoms with E-state index in [0.29, 0.717) is 6.07 Å². The van der Waals surface area contributed by atoms with Crippen LogP contribution in [0.3, 0.4) is 0 Å². The first-order chi connectivity index (χ1) is 12.9. The van der Waals surface area contributed by atoms with Crippen LogP contribution in [0.15, 0.2) is 36.9 Å². The number of aryl methyl sites for hydroxylation is 1. The molecule has 2 aromatic carbocycles. The van der Waals surface area contributed by atoms with Gasteiger partial charge in [0.1, 0.15) is 28.5 Å². The number of ether oxygens (including phenoxy) is 1. The Bertz CT molecular complexity index is 864. The van der Waals surface area contributed by atoms with E-state index in [9.17, 15) is 39.5 Å². The molecule has 2 rings (SSSR count). The van der Waals surface area contributed by atoms with Gasteiger partial charge in [0.05, 0.1) is 0 Å². The summed E-state index contributed by atoms with van der Waals surface area (Å²) in [5, 5.41) is 0. The summed E-state index contributed by atoms with van der Waals surface area (Å²) >= 11 is 0. The van der Waals surface area contributed by atoms with Crippen molar-refractivity contribution in [3.8, 4) is 5.75 Å². The number of benzene rings is 2. The van der Waals surface area contributed by atoms with Gasteiger partial charge in [-0.1, -0.05) is 12.1 Å². The molecular formula is C18H11F9O. The highest BCUT2D eigenvalue weighted by Crippen LogP contribution is 2.39. The molecule has 0 atom stereocenters. The number of halogens is 9. The third-order valence-corrected chi connectivity index (χ3v) is 3.64. The van der Waals surface area contributed by atoms with E-state index < -0.39 is 52.4 Å². The number of alkyl halides is 5. The third kappa shape index (κ3) is 4.42.